The van der Waals surface area contributed by atoms with Gasteiger partial charge >= 0.3 is 0 Å². The molecule has 1 aliphatic carbocycles. The first-order valence-electron chi connectivity index (χ1n) is 5.68. The van der Waals surface area contributed by atoms with Gasteiger partial charge in [0.25, 0.3) is 0 Å². The minimum atomic E-state index is 0.0617. The van der Waals surface area contributed by atoms with Crippen LogP contribution in [-0.2, 0) is 11.3 Å². The van der Waals surface area contributed by atoms with Crippen molar-refractivity contribution < 1.29 is 9.32 Å². The van der Waals surface area contributed by atoms with Crippen LogP contribution in [0.15, 0.2) is 16.8 Å². The summed E-state index contributed by atoms with van der Waals surface area (Å²) in [7, 11) is 0. The van der Waals surface area contributed by atoms with Crippen molar-refractivity contribution in [2.45, 2.75) is 38.3 Å². The minimum Gasteiger partial charge on any atom is -0.360 e. The molecule has 1 saturated carbocycles. The summed E-state index contributed by atoms with van der Waals surface area (Å²) < 4.78 is 4.90. The van der Waals surface area contributed by atoms with Crippen molar-refractivity contribution >= 4 is 5.91 Å². The van der Waals surface area contributed by atoms with Gasteiger partial charge in [-0.3, -0.25) is 4.79 Å². The molecule has 3 N–H and O–H groups in total. The molecule has 1 heterocycles. The average Bonchev–Trinajstić information content (AvgIpc) is 2.78. The van der Waals surface area contributed by atoms with Crippen LogP contribution in [0, 0.1) is 5.92 Å². The molecular formula is C11H17N3O2. The number of rotatable bonds is 3. The largest absolute Gasteiger partial charge is 0.360 e. The molecule has 2 atom stereocenters. The van der Waals surface area contributed by atoms with Gasteiger partial charge in [0.05, 0.1) is 12.7 Å². The highest BCUT2D eigenvalue weighted by molar-refractivity contribution is 5.78. The first kappa shape index (κ1) is 11.1. The van der Waals surface area contributed by atoms with Crippen molar-refractivity contribution in [1.29, 1.82) is 0 Å². The van der Waals surface area contributed by atoms with E-state index in [1.165, 1.54) is 0 Å². The van der Waals surface area contributed by atoms with Crippen LogP contribution < -0.4 is 11.1 Å². The van der Waals surface area contributed by atoms with Gasteiger partial charge in [-0.2, -0.15) is 0 Å². The number of aromatic nitrogens is 1. The smallest absolute Gasteiger partial charge is 0.223 e. The molecule has 1 aromatic heterocycles. The summed E-state index contributed by atoms with van der Waals surface area (Å²) in [6.07, 6.45) is 5.38. The Morgan fingerprint density at radius 2 is 2.50 bits per heavy atom. The monoisotopic (exact) mass is 223 g/mol. The topological polar surface area (TPSA) is 81.2 Å². The van der Waals surface area contributed by atoms with Crippen molar-refractivity contribution in [2.75, 3.05) is 0 Å². The van der Waals surface area contributed by atoms with E-state index < -0.39 is 0 Å². The van der Waals surface area contributed by atoms with Crippen LogP contribution >= 0.6 is 0 Å². The first-order chi connectivity index (χ1) is 7.75. The lowest BCUT2D eigenvalue weighted by molar-refractivity contribution is -0.126. The van der Waals surface area contributed by atoms with E-state index in [9.17, 15) is 4.79 Å². The van der Waals surface area contributed by atoms with Crippen molar-refractivity contribution in [3.63, 3.8) is 0 Å². The van der Waals surface area contributed by atoms with Gasteiger partial charge in [0.1, 0.15) is 0 Å². The lowest BCUT2D eigenvalue weighted by Gasteiger charge is -2.25. The van der Waals surface area contributed by atoms with E-state index in [2.05, 4.69) is 10.5 Å². The summed E-state index contributed by atoms with van der Waals surface area (Å²) in [5.41, 5.74) is 5.85. The number of hydrogen-bond acceptors (Lipinski definition) is 4. The molecule has 0 spiro atoms. The Bertz CT molecular complexity index is 337. The van der Waals surface area contributed by atoms with E-state index in [1.54, 1.807) is 12.3 Å². The van der Waals surface area contributed by atoms with Crippen LogP contribution in [0.2, 0.25) is 0 Å². The van der Waals surface area contributed by atoms with Gasteiger partial charge < -0.3 is 15.6 Å². The Hall–Kier alpha value is -1.36. The second-order valence-electron chi connectivity index (χ2n) is 4.32. The molecule has 2 rings (SSSR count). The van der Waals surface area contributed by atoms with Gasteiger partial charge in [-0.25, -0.2) is 0 Å². The van der Waals surface area contributed by atoms with Crippen LogP contribution in [-0.4, -0.2) is 17.1 Å². The molecule has 1 fully saturated rings. The number of hydrogen-bond donors (Lipinski definition) is 2. The van der Waals surface area contributed by atoms with E-state index in [-0.39, 0.29) is 17.9 Å². The van der Waals surface area contributed by atoms with Gasteiger partial charge in [-0.15, -0.1) is 0 Å². The quantitative estimate of drug-likeness (QED) is 0.794. The van der Waals surface area contributed by atoms with Gasteiger partial charge in [0.15, 0.2) is 5.76 Å². The minimum absolute atomic E-state index is 0.0617. The van der Waals surface area contributed by atoms with E-state index in [4.69, 9.17) is 10.3 Å². The predicted octanol–water partition coefficient (Wildman–Crippen LogP) is 0.808. The second kappa shape index (κ2) is 5.12. The highest BCUT2D eigenvalue weighted by Crippen LogP contribution is 2.23. The third kappa shape index (κ3) is 2.82. The molecule has 0 aromatic carbocycles. The highest BCUT2D eigenvalue weighted by atomic mass is 16.5. The maximum Gasteiger partial charge on any atom is 0.223 e. The van der Waals surface area contributed by atoms with Crippen molar-refractivity contribution in [3.05, 3.63) is 18.0 Å². The molecule has 0 saturated heterocycles. The standard InChI is InChI=1S/C11H17N3O2/c12-9-3-1-2-8(6-9)11(15)13-7-10-4-5-14-16-10/h4-5,8-9H,1-3,6-7,12H2,(H,13,15). The Morgan fingerprint density at radius 1 is 1.62 bits per heavy atom. The summed E-state index contributed by atoms with van der Waals surface area (Å²) in [4.78, 5) is 11.8. The lowest BCUT2D eigenvalue weighted by Crippen LogP contribution is -2.37. The molecule has 0 bridgehead atoms. The molecule has 5 nitrogen and oxygen atoms in total. The van der Waals surface area contributed by atoms with Gasteiger partial charge in [-0.05, 0) is 19.3 Å². The fraction of sp³-hybridized carbons (Fsp3) is 0.636. The van der Waals surface area contributed by atoms with Crippen LogP contribution in [0.25, 0.3) is 0 Å². The number of carbonyl (C=O) groups is 1. The predicted molar refractivity (Wildman–Crippen MR) is 58.3 cm³/mol. The van der Waals surface area contributed by atoms with E-state index in [0.717, 1.165) is 25.7 Å². The SMILES string of the molecule is NC1CCCC(C(=O)NCc2ccno2)C1. The fourth-order valence-electron chi connectivity index (χ4n) is 2.12. The van der Waals surface area contributed by atoms with Gasteiger partial charge in [0, 0.05) is 18.0 Å². The summed E-state index contributed by atoms with van der Waals surface area (Å²) >= 11 is 0. The summed E-state index contributed by atoms with van der Waals surface area (Å²) in [5.74, 6) is 0.812. The Labute approximate surface area is 94.4 Å². The Balaban J connectivity index is 1.79. The van der Waals surface area contributed by atoms with Gasteiger partial charge in [0.2, 0.25) is 5.91 Å². The zero-order valence-corrected chi connectivity index (χ0v) is 9.19. The lowest BCUT2D eigenvalue weighted by atomic mass is 9.85. The number of nitrogens with one attached hydrogen (secondary N) is 1. The summed E-state index contributed by atoms with van der Waals surface area (Å²) in [5, 5.41) is 6.43. The summed E-state index contributed by atoms with van der Waals surface area (Å²) in [6.45, 7) is 0.407. The number of carbonyl (C=O) groups excluding carboxylic acids is 1. The zero-order chi connectivity index (χ0) is 11.4. The third-order valence-corrected chi connectivity index (χ3v) is 3.01. The average molecular weight is 223 g/mol. The normalized spacial score (nSPS) is 25.3. The maximum absolute atomic E-state index is 11.8. The van der Waals surface area contributed by atoms with Gasteiger partial charge in [-0.1, -0.05) is 11.6 Å². The maximum atomic E-state index is 11.8. The molecule has 0 aliphatic heterocycles. The van der Waals surface area contributed by atoms with E-state index in [0.29, 0.717) is 12.3 Å². The molecule has 2 unspecified atom stereocenters. The Kier molecular flexibility index (Phi) is 3.56. The Morgan fingerprint density at radius 3 is 3.19 bits per heavy atom. The second-order valence-corrected chi connectivity index (χ2v) is 4.32. The van der Waals surface area contributed by atoms with E-state index in [1.807, 2.05) is 0 Å². The highest BCUT2D eigenvalue weighted by Gasteiger charge is 2.25. The molecule has 5 heteroatoms. The van der Waals surface area contributed by atoms with Crippen molar-refractivity contribution in [1.82, 2.24) is 10.5 Å². The molecule has 88 valence electrons. The summed E-state index contributed by atoms with van der Waals surface area (Å²) in [6, 6.07) is 1.92. The van der Waals surface area contributed by atoms with Crippen molar-refractivity contribution in [3.8, 4) is 0 Å². The number of amides is 1. The third-order valence-electron chi connectivity index (χ3n) is 3.01. The molecular weight excluding hydrogens is 206 g/mol. The molecule has 1 amide bonds. The zero-order valence-electron chi connectivity index (χ0n) is 9.19. The first-order valence-corrected chi connectivity index (χ1v) is 5.68. The molecule has 1 aliphatic rings. The molecule has 1 aromatic rings. The van der Waals surface area contributed by atoms with Crippen molar-refractivity contribution in [2.24, 2.45) is 11.7 Å². The molecule has 0 radical (unpaired) electrons. The van der Waals surface area contributed by atoms with Crippen LogP contribution in [0.5, 0.6) is 0 Å². The van der Waals surface area contributed by atoms with Crippen LogP contribution in [0.3, 0.4) is 0 Å². The number of nitrogens with two attached hydrogens (primary N) is 1. The van der Waals surface area contributed by atoms with E-state index >= 15 is 0 Å². The van der Waals surface area contributed by atoms with Crippen LogP contribution in [0.1, 0.15) is 31.4 Å². The van der Waals surface area contributed by atoms with Crippen LogP contribution in [0.4, 0.5) is 0 Å². The molecule has 16 heavy (non-hydrogen) atoms. The number of nitrogens with zero attached hydrogens (tertiary/aromatic N) is 1. The fourth-order valence-corrected chi connectivity index (χ4v) is 2.12.